The van der Waals surface area contributed by atoms with Crippen LogP contribution in [0.25, 0.3) is 5.52 Å². The Morgan fingerprint density at radius 2 is 1.88 bits per heavy atom. The first-order valence-electron chi connectivity index (χ1n) is 8.77. The molecule has 4 rings (SSSR count). The van der Waals surface area contributed by atoms with E-state index in [2.05, 4.69) is 4.98 Å². The van der Waals surface area contributed by atoms with Gasteiger partial charge in [0.1, 0.15) is 17.7 Å². The number of nitrogens with zero attached hydrogens (tertiary/aromatic N) is 3. The summed E-state index contributed by atoms with van der Waals surface area (Å²) >= 11 is 5.90. The second-order valence-corrected chi connectivity index (χ2v) is 6.96. The van der Waals surface area contributed by atoms with E-state index in [1.165, 1.54) is 0 Å². The van der Waals surface area contributed by atoms with Crippen molar-refractivity contribution in [1.29, 1.82) is 0 Å². The number of carbonyl (C=O) groups is 1. The number of amides is 1. The Labute approximate surface area is 157 Å². The van der Waals surface area contributed by atoms with Crippen LogP contribution in [0.2, 0.25) is 5.02 Å². The molecular formula is C20H20ClN3O2. The van der Waals surface area contributed by atoms with Gasteiger partial charge < -0.3 is 14.0 Å². The van der Waals surface area contributed by atoms with Crippen LogP contribution in [0.1, 0.15) is 29.2 Å². The molecule has 0 aliphatic carbocycles. The monoisotopic (exact) mass is 369 g/mol. The molecular weight excluding hydrogens is 350 g/mol. The van der Waals surface area contributed by atoms with Gasteiger partial charge in [0.15, 0.2) is 5.69 Å². The average Bonchev–Trinajstić information content (AvgIpc) is 3.01. The molecule has 1 amide bonds. The average molecular weight is 370 g/mol. The van der Waals surface area contributed by atoms with Gasteiger partial charge in [0.25, 0.3) is 5.91 Å². The number of aryl methyl sites for hydroxylation is 1. The van der Waals surface area contributed by atoms with Crippen molar-refractivity contribution in [3.8, 4) is 5.75 Å². The van der Waals surface area contributed by atoms with E-state index in [1.54, 1.807) is 0 Å². The molecule has 1 fully saturated rings. The minimum atomic E-state index is -0.00765. The third kappa shape index (κ3) is 3.27. The number of piperidine rings is 1. The molecule has 2 aromatic heterocycles. The highest BCUT2D eigenvalue weighted by atomic mass is 35.5. The number of carbonyl (C=O) groups excluding carboxylic acids is 1. The minimum Gasteiger partial charge on any atom is -0.490 e. The first kappa shape index (κ1) is 16.9. The molecule has 0 radical (unpaired) electrons. The first-order valence-corrected chi connectivity index (χ1v) is 9.15. The molecule has 1 aromatic carbocycles. The van der Waals surface area contributed by atoms with E-state index < -0.39 is 0 Å². The molecule has 3 aromatic rings. The first-order chi connectivity index (χ1) is 12.6. The van der Waals surface area contributed by atoms with Crippen molar-refractivity contribution in [3.05, 3.63) is 65.2 Å². The molecule has 5 nitrogen and oxygen atoms in total. The van der Waals surface area contributed by atoms with Crippen molar-refractivity contribution in [3.63, 3.8) is 0 Å². The zero-order valence-corrected chi connectivity index (χ0v) is 15.3. The van der Waals surface area contributed by atoms with Gasteiger partial charge in [-0.25, -0.2) is 4.98 Å². The van der Waals surface area contributed by atoms with E-state index in [-0.39, 0.29) is 12.0 Å². The van der Waals surface area contributed by atoms with Gasteiger partial charge in [-0.15, -0.1) is 0 Å². The van der Waals surface area contributed by atoms with Gasteiger partial charge in [0, 0.05) is 37.2 Å². The molecule has 0 bridgehead atoms. The molecule has 0 atom stereocenters. The Morgan fingerprint density at radius 3 is 2.62 bits per heavy atom. The Morgan fingerprint density at radius 1 is 1.15 bits per heavy atom. The lowest BCUT2D eigenvalue weighted by Gasteiger charge is -2.31. The van der Waals surface area contributed by atoms with E-state index >= 15 is 0 Å². The maximum Gasteiger partial charge on any atom is 0.274 e. The van der Waals surface area contributed by atoms with Crippen LogP contribution in [0.15, 0.2) is 48.7 Å². The number of ether oxygens (including phenoxy) is 1. The predicted molar refractivity (Wildman–Crippen MR) is 101 cm³/mol. The molecule has 0 N–H and O–H groups in total. The van der Waals surface area contributed by atoms with Gasteiger partial charge in [0.2, 0.25) is 0 Å². The highest BCUT2D eigenvalue weighted by Gasteiger charge is 2.27. The summed E-state index contributed by atoms with van der Waals surface area (Å²) in [5.41, 5.74) is 1.38. The number of imidazole rings is 1. The lowest BCUT2D eigenvalue weighted by atomic mass is 10.1. The second kappa shape index (κ2) is 7.00. The molecule has 0 unspecified atom stereocenters. The topological polar surface area (TPSA) is 46.8 Å². The van der Waals surface area contributed by atoms with Crippen molar-refractivity contribution < 1.29 is 9.53 Å². The van der Waals surface area contributed by atoms with Crippen molar-refractivity contribution in [1.82, 2.24) is 14.3 Å². The number of hydrogen-bond acceptors (Lipinski definition) is 3. The van der Waals surface area contributed by atoms with Crippen LogP contribution < -0.4 is 4.74 Å². The summed E-state index contributed by atoms with van der Waals surface area (Å²) in [6, 6.07) is 13.2. The van der Waals surface area contributed by atoms with Gasteiger partial charge in [-0.3, -0.25) is 4.79 Å². The molecule has 0 spiro atoms. The lowest BCUT2D eigenvalue weighted by molar-refractivity contribution is 0.0592. The summed E-state index contributed by atoms with van der Waals surface area (Å²) in [5, 5.41) is 0.695. The SMILES string of the molecule is Cc1nc(C(=O)N2CCC(Oc3ccc(Cl)cc3)CC2)c2ccccn12. The molecule has 3 heterocycles. The zero-order valence-electron chi connectivity index (χ0n) is 14.6. The summed E-state index contributed by atoms with van der Waals surface area (Å²) in [4.78, 5) is 19.3. The maximum absolute atomic E-state index is 12.9. The van der Waals surface area contributed by atoms with Gasteiger partial charge in [0.05, 0.1) is 5.52 Å². The molecule has 1 saturated heterocycles. The van der Waals surface area contributed by atoms with Crippen LogP contribution in [0.3, 0.4) is 0 Å². The number of rotatable bonds is 3. The fourth-order valence-electron chi connectivity index (χ4n) is 3.38. The van der Waals surface area contributed by atoms with E-state index in [0.29, 0.717) is 23.8 Å². The van der Waals surface area contributed by atoms with E-state index in [1.807, 2.05) is 64.9 Å². The smallest absolute Gasteiger partial charge is 0.274 e. The number of benzene rings is 1. The maximum atomic E-state index is 12.9. The molecule has 1 aliphatic heterocycles. The fraction of sp³-hybridized carbons (Fsp3) is 0.300. The standard InChI is InChI=1S/C20H20ClN3O2/c1-14-22-19(18-4-2-3-11-24(14)18)20(25)23-12-9-17(10-13-23)26-16-7-5-15(21)6-8-16/h2-8,11,17H,9-10,12-13H2,1H3. The summed E-state index contributed by atoms with van der Waals surface area (Å²) < 4.78 is 7.95. The largest absolute Gasteiger partial charge is 0.490 e. The van der Waals surface area contributed by atoms with Crippen LogP contribution in [0, 0.1) is 6.92 Å². The van der Waals surface area contributed by atoms with Crippen LogP contribution in [0.5, 0.6) is 5.75 Å². The summed E-state index contributed by atoms with van der Waals surface area (Å²) in [5.74, 6) is 1.63. The summed E-state index contributed by atoms with van der Waals surface area (Å²) in [6.45, 7) is 3.25. The third-order valence-electron chi connectivity index (χ3n) is 4.77. The number of pyridine rings is 1. The van der Waals surface area contributed by atoms with Crippen LogP contribution in [0.4, 0.5) is 0 Å². The van der Waals surface area contributed by atoms with Gasteiger partial charge >= 0.3 is 0 Å². The quantitative estimate of drug-likeness (QED) is 0.701. The number of fused-ring (bicyclic) bond motifs is 1. The molecule has 1 aliphatic rings. The lowest BCUT2D eigenvalue weighted by Crippen LogP contribution is -2.42. The number of likely N-dealkylation sites (tertiary alicyclic amines) is 1. The van der Waals surface area contributed by atoms with Crippen molar-refractivity contribution >= 4 is 23.0 Å². The van der Waals surface area contributed by atoms with Crippen LogP contribution in [-0.2, 0) is 0 Å². The van der Waals surface area contributed by atoms with E-state index in [9.17, 15) is 4.79 Å². The Kier molecular flexibility index (Phi) is 4.55. The van der Waals surface area contributed by atoms with Crippen molar-refractivity contribution in [2.75, 3.05) is 13.1 Å². The Hall–Kier alpha value is -2.53. The number of hydrogen-bond donors (Lipinski definition) is 0. The predicted octanol–water partition coefficient (Wildman–Crippen LogP) is 3.98. The summed E-state index contributed by atoms with van der Waals surface area (Å²) in [6.07, 6.45) is 3.65. The van der Waals surface area contributed by atoms with Crippen LogP contribution in [-0.4, -0.2) is 39.4 Å². The molecule has 26 heavy (non-hydrogen) atoms. The van der Waals surface area contributed by atoms with Gasteiger partial charge in [-0.1, -0.05) is 17.7 Å². The van der Waals surface area contributed by atoms with Gasteiger partial charge in [-0.05, 0) is 43.3 Å². The van der Waals surface area contributed by atoms with Crippen molar-refractivity contribution in [2.45, 2.75) is 25.9 Å². The van der Waals surface area contributed by atoms with Crippen LogP contribution >= 0.6 is 11.6 Å². The molecule has 6 heteroatoms. The number of aromatic nitrogens is 2. The second-order valence-electron chi connectivity index (χ2n) is 6.53. The Bertz CT molecular complexity index is 928. The molecule has 0 saturated carbocycles. The third-order valence-corrected chi connectivity index (χ3v) is 5.02. The summed E-state index contributed by atoms with van der Waals surface area (Å²) in [7, 11) is 0. The van der Waals surface area contributed by atoms with Gasteiger partial charge in [-0.2, -0.15) is 0 Å². The zero-order chi connectivity index (χ0) is 18.1. The highest BCUT2D eigenvalue weighted by Crippen LogP contribution is 2.23. The normalized spacial score (nSPS) is 15.4. The number of halogens is 1. The molecule has 134 valence electrons. The highest BCUT2D eigenvalue weighted by molar-refractivity contribution is 6.30. The van der Waals surface area contributed by atoms with E-state index in [0.717, 1.165) is 29.9 Å². The minimum absolute atomic E-state index is 0.00765. The van der Waals surface area contributed by atoms with Crippen molar-refractivity contribution in [2.24, 2.45) is 0 Å². The van der Waals surface area contributed by atoms with E-state index in [4.69, 9.17) is 16.3 Å². The Balaban J connectivity index is 1.42. The fourth-order valence-corrected chi connectivity index (χ4v) is 3.51.